The van der Waals surface area contributed by atoms with Crippen LogP contribution in [0.1, 0.15) is 18.1 Å². The van der Waals surface area contributed by atoms with Crippen molar-refractivity contribution in [1.82, 2.24) is 15.0 Å². The molecule has 2 aromatic carbocycles. The van der Waals surface area contributed by atoms with E-state index in [1.807, 2.05) is 37.3 Å². The molecule has 0 saturated carbocycles. The van der Waals surface area contributed by atoms with Gasteiger partial charge in [0.1, 0.15) is 17.0 Å². The minimum absolute atomic E-state index is 0.273. The average Bonchev–Trinajstić information content (AvgIpc) is 2.83. The highest BCUT2D eigenvalue weighted by Crippen LogP contribution is 2.24. The van der Waals surface area contributed by atoms with Crippen LogP contribution in [0.3, 0.4) is 0 Å². The van der Waals surface area contributed by atoms with Gasteiger partial charge in [-0.25, -0.2) is 9.07 Å². The van der Waals surface area contributed by atoms with E-state index in [1.165, 1.54) is 6.07 Å². The molecule has 0 unspecified atom stereocenters. The molecule has 96 valence electrons. The van der Waals surface area contributed by atoms with E-state index in [9.17, 15) is 4.39 Å². The Balaban J connectivity index is 2.33. The average molecular weight is 255 g/mol. The summed E-state index contributed by atoms with van der Waals surface area (Å²) in [6.45, 7) is 3.98. The second kappa shape index (κ2) is 4.46. The standard InChI is InChI=1S/C15H14FN3/c1-3-11-8-9-12(16)15(10(11)2)19-14-7-5-4-6-13(14)17-18-19/h4-9H,3H2,1-2H3. The number of fused-ring (bicyclic) bond motifs is 1. The smallest absolute Gasteiger partial charge is 0.149 e. The van der Waals surface area contributed by atoms with Gasteiger partial charge >= 0.3 is 0 Å². The van der Waals surface area contributed by atoms with Crippen LogP contribution in [0.2, 0.25) is 0 Å². The van der Waals surface area contributed by atoms with Crippen LogP contribution in [0.4, 0.5) is 4.39 Å². The SMILES string of the molecule is CCc1ccc(F)c(-n2nnc3ccccc32)c1C. The minimum Gasteiger partial charge on any atom is -0.210 e. The van der Waals surface area contributed by atoms with Crippen LogP contribution in [0.5, 0.6) is 0 Å². The van der Waals surface area contributed by atoms with Gasteiger partial charge in [-0.05, 0) is 42.7 Å². The fraction of sp³-hybridized carbons (Fsp3) is 0.200. The lowest BCUT2D eigenvalue weighted by molar-refractivity contribution is 0.606. The molecule has 19 heavy (non-hydrogen) atoms. The van der Waals surface area contributed by atoms with Gasteiger partial charge < -0.3 is 0 Å². The number of halogens is 1. The molecule has 0 N–H and O–H groups in total. The fourth-order valence-electron chi connectivity index (χ4n) is 2.39. The number of para-hydroxylation sites is 1. The maximum atomic E-state index is 14.2. The molecule has 0 radical (unpaired) electrons. The van der Waals surface area contributed by atoms with Gasteiger partial charge in [-0.2, -0.15) is 0 Å². The zero-order valence-electron chi connectivity index (χ0n) is 10.9. The molecule has 0 fully saturated rings. The van der Waals surface area contributed by atoms with E-state index in [0.717, 1.165) is 28.6 Å². The molecule has 0 spiro atoms. The first kappa shape index (κ1) is 11.8. The molecular weight excluding hydrogens is 241 g/mol. The van der Waals surface area contributed by atoms with Gasteiger partial charge in [0.05, 0.1) is 5.52 Å². The Morgan fingerprint density at radius 1 is 1.16 bits per heavy atom. The first-order valence-electron chi connectivity index (χ1n) is 6.31. The number of hydrogen-bond acceptors (Lipinski definition) is 2. The number of nitrogens with zero attached hydrogens (tertiary/aromatic N) is 3. The maximum absolute atomic E-state index is 14.2. The number of hydrogen-bond donors (Lipinski definition) is 0. The summed E-state index contributed by atoms with van der Waals surface area (Å²) < 4.78 is 15.8. The van der Waals surface area contributed by atoms with Crippen LogP contribution in [0, 0.1) is 12.7 Å². The van der Waals surface area contributed by atoms with E-state index in [4.69, 9.17) is 0 Å². The van der Waals surface area contributed by atoms with Gasteiger partial charge in [0, 0.05) is 0 Å². The third kappa shape index (κ3) is 1.80. The summed E-state index contributed by atoms with van der Waals surface area (Å²) in [5.74, 6) is -0.273. The molecule has 3 nitrogen and oxygen atoms in total. The van der Waals surface area contributed by atoms with E-state index < -0.39 is 0 Å². The number of aromatic nitrogens is 3. The molecule has 3 rings (SSSR count). The molecule has 0 atom stereocenters. The van der Waals surface area contributed by atoms with E-state index >= 15 is 0 Å². The van der Waals surface area contributed by atoms with E-state index in [-0.39, 0.29) is 5.82 Å². The van der Waals surface area contributed by atoms with E-state index in [1.54, 1.807) is 4.68 Å². The van der Waals surface area contributed by atoms with Crippen molar-refractivity contribution in [1.29, 1.82) is 0 Å². The van der Waals surface area contributed by atoms with Crippen LogP contribution in [0.15, 0.2) is 36.4 Å². The Morgan fingerprint density at radius 2 is 1.95 bits per heavy atom. The van der Waals surface area contributed by atoms with E-state index in [0.29, 0.717) is 5.69 Å². The summed E-state index contributed by atoms with van der Waals surface area (Å²) >= 11 is 0. The Hall–Kier alpha value is -2.23. The van der Waals surface area contributed by atoms with Crippen LogP contribution >= 0.6 is 0 Å². The molecule has 3 aromatic rings. The van der Waals surface area contributed by atoms with Crippen LogP contribution in [0.25, 0.3) is 16.7 Å². The van der Waals surface area contributed by atoms with Crippen LogP contribution in [-0.4, -0.2) is 15.0 Å². The highest BCUT2D eigenvalue weighted by molar-refractivity contribution is 5.76. The minimum atomic E-state index is -0.273. The summed E-state index contributed by atoms with van der Waals surface area (Å²) in [4.78, 5) is 0. The molecule has 0 aliphatic heterocycles. The topological polar surface area (TPSA) is 30.7 Å². The fourth-order valence-corrected chi connectivity index (χ4v) is 2.39. The zero-order valence-corrected chi connectivity index (χ0v) is 10.9. The van der Waals surface area contributed by atoms with Crippen LogP contribution < -0.4 is 0 Å². The molecule has 0 bridgehead atoms. The van der Waals surface area contributed by atoms with Gasteiger partial charge in [-0.3, -0.25) is 0 Å². The predicted molar refractivity (Wildman–Crippen MR) is 72.9 cm³/mol. The molecule has 4 heteroatoms. The van der Waals surface area contributed by atoms with Gasteiger partial charge in [0.25, 0.3) is 0 Å². The highest BCUT2D eigenvalue weighted by Gasteiger charge is 2.14. The lowest BCUT2D eigenvalue weighted by atomic mass is 10.0. The lowest BCUT2D eigenvalue weighted by Crippen LogP contribution is -2.05. The highest BCUT2D eigenvalue weighted by atomic mass is 19.1. The van der Waals surface area contributed by atoms with Crippen molar-refractivity contribution in [2.24, 2.45) is 0 Å². The number of rotatable bonds is 2. The summed E-state index contributed by atoms with van der Waals surface area (Å²) in [5, 5.41) is 8.17. The predicted octanol–water partition coefficient (Wildman–Crippen LogP) is 3.43. The summed E-state index contributed by atoms with van der Waals surface area (Å²) in [6.07, 6.45) is 0.867. The lowest BCUT2D eigenvalue weighted by Gasteiger charge is -2.11. The summed E-state index contributed by atoms with van der Waals surface area (Å²) in [6, 6.07) is 10.9. The first-order valence-corrected chi connectivity index (χ1v) is 6.31. The molecule has 1 aromatic heterocycles. The Kier molecular flexibility index (Phi) is 2.78. The summed E-state index contributed by atoms with van der Waals surface area (Å²) in [5.41, 5.74) is 4.11. The van der Waals surface area contributed by atoms with Crippen molar-refractivity contribution in [3.05, 3.63) is 53.3 Å². The number of benzene rings is 2. The third-order valence-electron chi connectivity index (χ3n) is 3.44. The number of aryl methyl sites for hydroxylation is 1. The maximum Gasteiger partial charge on any atom is 0.149 e. The first-order chi connectivity index (χ1) is 9.22. The molecule has 0 aliphatic carbocycles. The van der Waals surface area contributed by atoms with Gasteiger partial charge in [0.15, 0.2) is 0 Å². The second-order valence-corrected chi connectivity index (χ2v) is 4.52. The normalized spacial score (nSPS) is 11.1. The monoisotopic (exact) mass is 255 g/mol. The van der Waals surface area contributed by atoms with E-state index in [2.05, 4.69) is 17.2 Å². The van der Waals surface area contributed by atoms with Crippen molar-refractivity contribution in [3.63, 3.8) is 0 Å². The Bertz CT molecular complexity index is 746. The third-order valence-corrected chi connectivity index (χ3v) is 3.44. The van der Waals surface area contributed by atoms with Crippen molar-refractivity contribution in [2.75, 3.05) is 0 Å². The molecule has 0 saturated heterocycles. The quantitative estimate of drug-likeness (QED) is 0.702. The zero-order chi connectivity index (χ0) is 13.4. The van der Waals surface area contributed by atoms with Crippen molar-refractivity contribution < 1.29 is 4.39 Å². The second-order valence-electron chi connectivity index (χ2n) is 4.52. The van der Waals surface area contributed by atoms with Crippen molar-refractivity contribution in [2.45, 2.75) is 20.3 Å². The van der Waals surface area contributed by atoms with Gasteiger partial charge in [0.2, 0.25) is 0 Å². The summed E-state index contributed by atoms with van der Waals surface area (Å²) in [7, 11) is 0. The molecule has 0 aliphatic rings. The van der Waals surface area contributed by atoms with Crippen molar-refractivity contribution >= 4 is 11.0 Å². The van der Waals surface area contributed by atoms with Gasteiger partial charge in [-0.15, -0.1) is 5.10 Å². The Morgan fingerprint density at radius 3 is 2.74 bits per heavy atom. The van der Waals surface area contributed by atoms with Gasteiger partial charge in [-0.1, -0.05) is 30.3 Å². The molecule has 1 heterocycles. The van der Waals surface area contributed by atoms with Crippen LogP contribution in [-0.2, 0) is 6.42 Å². The molecular formula is C15H14FN3. The molecule has 0 amide bonds. The largest absolute Gasteiger partial charge is 0.210 e. The van der Waals surface area contributed by atoms with Crippen molar-refractivity contribution in [3.8, 4) is 5.69 Å². The Labute approximate surface area is 110 Å².